The molecule has 1 aliphatic heterocycles. The van der Waals surface area contributed by atoms with Crippen molar-refractivity contribution in [3.05, 3.63) is 0 Å². The van der Waals surface area contributed by atoms with Gasteiger partial charge >= 0.3 is 0 Å². The summed E-state index contributed by atoms with van der Waals surface area (Å²) in [6.07, 6.45) is 0.714. The fraction of sp³-hybridized carbons (Fsp3) is 1.00. The number of methoxy groups -OCH3 is 1. The third kappa shape index (κ3) is 3.14. The number of likely N-dealkylation sites (N-methyl/N-ethyl adjacent to an activating group) is 1. The highest BCUT2D eigenvalue weighted by Crippen LogP contribution is 2.14. The molecular weight excluding hydrogens is 216 g/mol. The Kier molecular flexibility index (Phi) is 4.98. The van der Waals surface area contributed by atoms with Gasteiger partial charge in [-0.1, -0.05) is 6.92 Å². The first-order valence-corrected chi connectivity index (χ1v) is 6.81. The van der Waals surface area contributed by atoms with Crippen LogP contribution >= 0.6 is 0 Å². The van der Waals surface area contributed by atoms with E-state index in [9.17, 15) is 8.42 Å². The van der Waals surface area contributed by atoms with E-state index in [1.807, 2.05) is 6.92 Å². The summed E-state index contributed by atoms with van der Waals surface area (Å²) in [6.45, 7) is 4.65. The molecule has 1 N–H and O–H groups in total. The van der Waals surface area contributed by atoms with Crippen LogP contribution in [0.1, 0.15) is 13.3 Å². The lowest BCUT2D eigenvalue weighted by Crippen LogP contribution is -2.41. The van der Waals surface area contributed by atoms with Crippen LogP contribution in [0.4, 0.5) is 0 Å². The molecule has 1 saturated heterocycles. The summed E-state index contributed by atoms with van der Waals surface area (Å²) in [7, 11) is -1.55. The monoisotopic (exact) mass is 236 g/mol. The maximum atomic E-state index is 12.1. The molecule has 1 rings (SSSR count). The molecule has 5 nitrogen and oxygen atoms in total. The number of nitrogens with zero attached hydrogens (tertiary/aromatic N) is 1. The van der Waals surface area contributed by atoms with E-state index in [0.717, 1.165) is 6.54 Å². The van der Waals surface area contributed by atoms with Gasteiger partial charge in [-0.05, 0) is 13.0 Å². The summed E-state index contributed by atoms with van der Waals surface area (Å²) in [4.78, 5) is 0. The van der Waals surface area contributed by atoms with Crippen LogP contribution in [0, 0.1) is 0 Å². The molecule has 0 aliphatic carbocycles. The van der Waals surface area contributed by atoms with Crippen molar-refractivity contribution in [1.82, 2.24) is 9.62 Å². The standard InChI is InChI=1S/C9H20N2O3S/c1-3-11(6-7-14-2)15(12,13)9-4-5-10-8-9/h9-10H,3-8H2,1-2H3. The Morgan fingerprint density at radius 2 is 2.27 bits per heavy atom. The summed E-state index contributed by atoms with van der Waals surface area (Å²) in [5.74, 6) is 0. The number of hydrogen-bond donors (Lipinski definition) is 1. The lowest BCUT2D eigenvalue weighted by molar-refractivity contribution is 0.180. The fourth-order valence-corrected chi connectivity index (χ4v) is 3.61. The highest BCUT2D eigenvalue weighted by atomic mass is 32.2. The molecule has 0 aromatic rings. The maximum Gasteiger partial charge on any atom is 0.218 e. The highest BCUT2D eigenvalue weighted by Gasteiger charge is 2.32. The molecule has 1 unspecified atom stereocenters. The van der Waals surface area contributed by atoms with Gasteiger partial charge in [0.25, 0.3) is 0 Å². The molecule has 1 aliphatic rings. The number of ether oxygens (including phenoxy) is 1. The van der Waals surface area contributed by atoms with E-state index in [0.29, 0.717) is 32.7 Å². The van der Waals surface area contributed by atoms with Crippen LogP contribution in [0.15, 0.2) is 0 Å². The van der Waals surface area contributed by atoms with Crippen molar-refractivity contribution in [2.45, 2.75) is 18.6 Å². The van der Waals surface area contributed by atoms with Crippen molar-refractivity contribution in [3.8, 4) is 0 Å². The lowest BCUT2D eigenvalue weighted by Gasteiger charge is -2.23. The van der Waals surface area contributed by atoms with Crippen LogP contribution in [-0.4, -0.2) is 57.9 Å². The van der Waals surface area contributed by atoms with Gasteiger partial charge in [-0.2, -0.15) is 4.31 Å². The zero-order valence-electron chi connectivity index (χ0n) is 9.40. The molecule has 0 saturated carbocycles. The van der Waals surface area contributed by atoms with Crippen LogP contribution in [0.3, 0.4) is 0 Å². The van der Waals surface area contributed by atoms with Crippen molar-refractivity contribution in [1.29, 1.82) is 0 Å². The minimum atomic E-state index is -3.13. The maximum absolute atomic E-state index is 12.1. The third-order valence-corrected chi connectivity index (χ3v) is 5.10. The lowest BCUT2D eigenvalue weighted by atomic mass is 10.4. The molecule has 6 heteroatoms. The van der Waals surface area contributed by atoms with E-state index in [4.69, 9.17) is 4.74 Å². The summed E-state index contributed by atoms with van der Waals surface area (Å²) < 4.78 is 30.6. The molecule has 0 aromatic heterocycles. The number of rotatable bonds is 6. The van der Waals surface area contributed by atoms with Crippen LogP contribution in [0.25, 0.3) is 0 Å². The summed E-state index contributed by atoms with van der Waals surface area (Å²) in [5, 5.41) is 2.82. The van der Waals surface area contributed by atoms with E-state index < -0.39 is 10.0 Å². The van der Waals surface area contributed by atoms with Crippen molar-refractivity contribution >= 4 is 10.0 Å². The average molecular weight is 236 g/mol. The highest BCUT2D eigenvalue weighted by molar-refractivity contribution is 7.89. The van der Waals surface area contributed by atoms with Gasteiger partial charge in [-0.3, -0.25) is 0 Å². The Hall–Kier alpha value is -0.170. The van der Waals surface area contributed by atoms with Gasteiger partial charge < -0.3 is 10.1 Å². The molecule has 0 bridgehead atoms. The largest absolute Gasteiger partial charge is 0.383 e. The van der Waals surface area contributed by atoms with Gasteiger partial charge in [0.1, 0.15) is 0 Å². The van der Waals surface area contributed by atoms with E-state index >= 15 is 0 Å². The molecule has 0 amide bonds. The van der Waals surface area contributed by atoms with E-state index in [-0.39, 0.29) is 5.25 Å². The van der Waals surface area contributed by atoms with E-state index in [1.54, 1.807) is 7.11 Å². The Labute approximate surface area is 91.8 Å². The topological polar surface area (TPSA) is 58.6 Å². The Morgan fingerprint density at radius 1 is 1.53 bits per heavy atom. The number of sulfonamides is 1. The van der Waals surface area contributed by atoms with Crippen molar-refractivity contribution < 1.29 is 13.2 Å². The van der Waals surface area contributed by atoms with Gasteiger partial charge in [-0.15, -0.1) is 0 Å². The molecule has 1 heterocycles. The molecule has 90 valence electrons. The van der Waals surface area contributed by atoms with Gasteiger partial charge in [-0.25, -0.2) is 8.42 Å². The van der Waals surface area contributed by atoms with E-state index in [2.05, 4.69) is 5.32 Å². The smallest absolute Gasteiger partial charge is 0.218 e. The second kappa shape index (κ2) is 5.79. The SMILES string of the molecule is CCN(CCOC)S(=O)(=O)C1CCNC1. The Bertz CT molecular complexity index is 273. The number of hydrogen-bond acceptors (Lipinski definition) is 4. The average Bonchev–Trinajstić information content (AvgIpc) is 2.72. The quantitative estimate of drug-likeness (QED) is 0.684. The van der Waals surface area contributed by atoms with Gasteiger partial charge in [0.15, 0.2) is 0 Å². The van der Waals surface area contributed by atoms with Gasteiger partial charge in [0.2, 0.25) is 10.0 Å². The second-order valence-electron chi connectivity index (χ2n) is 3.64. The summed E-state index contributed by atoms with van der Waals surface area (Å²) in [6, 6.07) is 0. The normalized spacial score (nSPS) is 22.5. The summed E-state index contributed by atoms with van der Waals surface area (Å²) >= 11 is 0. The zero-order chi connectivity index (χ0) is 11.3. The fourth-order valence-electron chi connectivity index (χ4n) is 1.75. The second-order valence-corrected chi connectivity index (χ2v) is 5.86. The number of nitrogens with one attached hydrogen (secondary N) is 1. The molecule has 1 fully saturated rings. The van der Waals surface area contributed by atoms with Crippen molar-refractivity contribution in [3.63, 3.8) is 0 Å². The molecule has 0 aromatic carbocycles. The molecule has 1 atom stereocenters. The van der Waals surface area contributed by atoms with Crippen LogP contribution < -0.4 is 5.32 Å². The van der Waals surface area contributed by atoms with Gasteiger partial charge in [0, 0.05) is 26.7 Å². The van der Waals surface area contributed by atoms with Gasteiger partial charge in [0.05, 0.1) is 11.9 Å². The first-order chi connectivity index (χ1) is 7.12. The molecule has 15 heavy (non-hydrogen) atoms. The van der Waals surface area contributed by atoms with Crippen LogP contribution in [0.5, 0.6) is 0 Å². The molecule has 0 spiro atoms. The molecular formula is C9H20N2O3S. The first kappa shape index (κ1) is 12.9. The zero-order valence-corrected chi connectivity index (χ0v) is 10.2. The minimum absolute atomic E-state index is 0.255. The Morgan fingerprint density at radius 3 is 2.73 bits per heavy atom. The predicted octanol–water partition coefficient (Wildman–Crippen LogP) is -0.354. The van der Waals surface area contributed by atoms with Crippen molar-refractivity contribution in [2.24, 2.45) is 0 Å². The van der Waals surface area contributed by atoms with E-state index in [1.165, 1.54) is 4.31 Å². The summed E-state index contributed by atoms with van der Waals surface area (Å²) in [5.41, 5.74) is 0. The predicted molar refractivity (Wildman–Crippen MR) is 59.3 cm³/mol. The third-order valence-electron chi connectivity index (χ3n) is 2.69. The Balaban J connectivity index is 2.63. The van der Waals surface area contributed by atoms with Crippen molar-refractivity contribution in [2.75, 3.05) is 39.9 Å². The van der Waals surface area contributed by atoms with Crippen LogP contribution in [-0.2, 0) is 14.8 Å². The van der Waals surface area contributed by atoms with Crippen LogP contribution in [0.2, 0.25) is 0 Å². The first-order valence-electron chi connectivity index (χ1n) is 5.31. The molecule has 0 radical (unpaired) electrons. The minimum Gasteiger partial charge on any atom is -0.383 e.